The van der Waals surface area contributed by atoms with E-state index in [1.807, 2.05) is 25.1 Å². The highest BCUT2D eigenvalue weighted by Crippen LogP contribution is 2.25. The van der Waals surface area contributed by atoms with Crippen molar-refractivity contribution in [3.8, 4) is 0 Å². The lowest BCUT2D eigenvalue weighted by Crippen LogP contribution is -2.43. The molecule has 108 valence electrons. The first-order valence-corrected chi connectivity index (χ1v) is 7.24. The molecule has 0 saturated carbocycles. The van der Waals surface area contributed by atoms with Gasteiger partial charge in [-0.3, -0.25) is 9.69 Å². The van der Waals surface area contributed by atoms with Crippen LogP contribution in [0.3, 0.4) is 0 Å². The number of nitrogens with one attached hydrogen (secondary N) is 1. The van der Waals surface area contributed by atoms with Crippen molar-refractivity contribution in [2.45, 2.75) is 25.8 Å². The fraction of sp³-hybridized carbons (Fsp3) is 0.429. The number of carbonyl (C=O) groups is 2. The van der Waals surface area contributed by atoms with Crippen LogP contribution in [0.2, 0.25) is 0 Å². The third kappa shape index (κ3) is 3.12. The topological polar surface area (TPSA) is 58.6 Å². The van der Waals surface area contributed by atoms with E-state index >= 15 is 0 Å². The Morgan fingerprint density at radius 1 is 1.45 bits per heavy atom. The van der Waals surface area contributed by atoms with Crippen LogP contribution in [0.25, 0.3) is 0 Å². The van der Waals surface area contributed by atoms with Gasteiger partial charge in [0.2, 0.25) is 5.91 Å². The molecular weight excluding hydrogens is 324 g/mol. The van der Waals surface area contributed by atoms with Gasteiger partial charge in [-0.15, -0.1) is 0 Å². The molecule has 1 unspecified atom stereocenters. The molecule has 1 aromatic carbocycles. The first-order valence-electron chi connectivity index (χ1n) is 6.44. The molecular formula is C14H17BrN2O3. The number of methoxy groups -OCH3 is 1. The van der Waals surface area contributed by atoms with Crippen molar-refractivity contribution >= 4 is 33.6 Å². The van der Waals surface area contributed by atoms with Gasteiger partial charge in [0.1, 0.15) is 6.04 Å². The summed E-state index contributed by atoms with van der Waals surface area (Å²) >= 11 is 3.42. The molecule has 0 aliphatic carbocycles. The number of nitrogens with zero attached hydrogens (tertiary/aromatic N) is 1. The Morgan fingerprint density at radius 2 is 2.20 bits per heavy atom. The van der Waals surface area contributed by atoms with E-state index in [-0.39, 0.29) is 5.91 Å². The molecule has 1 atom stereocenters. The molecule has 1 N–H and O–H groups in total. The summed E-state index contributed by atoms with van der Waals surface area (Å²) in [6, 6.07) is 5.24. The van der Waals surface area contributed by atoms with Crippen molar-refractivity contribution in [1.29, 1.82) is 0 Å². The molecule has 0 bridgehead atoms. The van der Waals surface area contributed by atoms with E-state index in [1.54, 1.807) is 0 Å². The normalized spacial score (nSPS) is 17.9. The summed E-state index contributed by atoms with van der Waals surface area (Å²) in [6.07, 6.45) is 1.01. The predicted molar refractivity (Wildman–Crippen MR) is 79.6 cm³/mol. The van der Waals surface area contributed by atoms with Crippen LogP contribution in [0, 0.1) is 6.92 Å². The summed E-state index contributed by atoms with van der Waals surface area (Å²) < 4.78 is 5.53. The van der Waals surface area contributed by atoms with Crippen LogP contribution in [-0.4, -0.2) is 36.6 Å². The van der Waals surface area contributed by atoms with Crippen molar-refractivity contribution in [3.05, 3.63) is 28.2 Å². The first kappa shape index (κ1) is 14.8. The van der Waals surface area contributed by atoms with Crippen molar-refractivity contribution in [2.24, 2.45) is 0 Å². The van der Waals surface area contributed by atoms with Gasteiger partial charge in [0.25, 0.3) is 0 Å². The zero-order valence-electron chi connectivity index (χ0n) is 11.5. The standard InChI is InChI=1S/C14H17BrN2O3/c1-9-5-6-11(10(15)8-9)16-13(18)12-4-3-7-17(12)14(19)20-2/h5-6,8,12H,3-4,7H2,1-2H3,(H,16,18). The van der Waals surface area contributed by atoms with E-state index in [9.17, 15) is 9.59 Å². The van der Waals surface area contributed by atoms with Crippen molar-refractivity contribution in [1.82, 2.24) is 4.90 Å². The van der Waals surface area contributed by atoms with E-state index in [2.05, 4.69) is 21.2 Å². The second-order valence-electron chi connectivity index (χ2n) is 4.79. The van der Waals surface area contributed by atoms with Gasteiger partial charge in [0, 0.05) is 11.0 Å². The van der Waals surface area contributed by atoms with Gasteiger partial charge in [0.05, 0.1) is 12.8 Å². The minimum Gasteiger partial charge on any atom is -0.453 e. The molecule has 1 fully saturated rings. The molecule has 2 amide bonds. The minimum absolute atomic E-state index is 0.183. The number of aryl methyl sites for hydroxylation is 1. The van der Waals surface area contributed by atoms with E-state index in [0.717, 1.165) is 16.5 Å². The highest BCUT2D eigenvalue weighted by atomic mass is 79.9. The summed E-state index contributed by atoms with van der Waals surface area (Å²) in [5.41, 5.74) is 1.81. The largest absolute Gasteiger partial charge is 0.453 e. The lowest BCUT2D eigenvalue weighted by atomic mass is 10.2. The van der Waals surface area contributed by atoms with E-state index in [0.29, 0.717) is 18.7 Å². The second kappa shape index (κ2) is 6.26. The van der Waals surface area contributed by atoms with Crippen LogP contribution >= 0.6 is 15.9 Å². The summed E-state index contributed by atoms with van der Waals surface area (Å²) in [5, 5.41) is 2.85. The van der Waals surface area contributed by atoms with Gasteiger partial charge in [-0.25, -0.2) is 4.79 Å². The summed E-state index contributed by atoms with van der Waals surface area (Å²) in [4.78, 5) is 25.4. The second-order valence-corrected chi connectivity index (χ2v) is 5.65. The molecule has 0 spiro atoms. The number of hydrogen-bond acceptors (Lipinski definition) is 3. The van der Waals surface area contributed by atoms with Gasteiger partial charge in [0.15, 0.2) is 0 Å². The maximum atomic E-state index is 12.3. The maximum absolute atomic E-state index is 12.3. The third-order valence-electron chi connectivity index (χ3n) is 3.35. The quantitative estimate of drug-likeness (QED) is 0.900. The molecule has 1 aromatic rings. The molecule has 20 heavy (non-hydrogen) atoms. The summed E-state index contributed by atoms with van der Waals surface area (Å²) in [7, 11) is 1.33. The van der Waals surface area contributed by atoms with Gasteiger partial charge in [-0.05, 0) is 53.4 Å². The van der Waals surface area contributed by atoms with Gasteiger partial charge < -0.3 is 10.1 Å². The Balaban J connectivity index is 2.09. The van der Waals surface area contributed by atoms with Crippen LogP contribution < -0.4 is 5.32 Å². The van der Waals surface area contributed by atoms with Crippen molar-refractivity contribution < 1.29 is 14.3 Å². The summed E-state index contributed by atoms with van der Waals surface area (Å²) in [6.45, 7) is 2.53. The average molecular weight is 341 g/mol. The van der Waals surface area contributed by atoms with Crippen LogP contribution in [0.5, 0.6) is 0 Å². The Labute approximate surface area is 126 Å². The number of likely N-dealkylation sites (tertiary alicyclic amines) is 1. The van der Waals surface area contributed by atoms with Crippen LogP contribution in [0.15, 0.2) is 22.7 Å². The average Bonchev–Trinajstić information content (AvgIpc) is 2.90. The number of carbonyl (C=O) groups excluding carboxylic acids is 2. The lowest BCUT2D eigenvalue weighted by molar-refractivity contribution is -0.119. The van der Waals surface area contributed by atoms with E-state index in [4.69, 9.17) is 4.74 Å². The number of halogens is 1. The highest BCUT2D eigenvalue weighted by molar-refractivity contribution is 9.10. The van der Waals surface area contributed by atoms with Crippen molar-refractivity contribution in [2.75, 3.05) is 19.0 Å². The molecule has 0 aromatic heterocycles. The predicted octanol–water partition coefficient (Wildman–Crippen LogP) is 2.93. The molecule has 1 aliphatic heterocycles. The molecule has 2 rings (SSSR count). The highest BCUT2D eigenvalue weighted by Gasteiger charge is 2.34. The molecule has 0 radical (unpaired) electrons. The number of amides is 2. The number of ether oxygens (including phenoxy) is 1. The van der Waals surface area contributed by atoms with Gasteiger partial charge >= 0.3 is 6.09 Å². The maximum Gasteiger partial charge on any atom is 0.410 e. The minimum atomic E-state index is -0.462. The molecule has 6 heteroatoms. The fourth-order valence-electron chi connectivity index (χ4n) is 2.31. The Hall–Kier alpha value is -1.56. The molecule has 1 aliphatic rings. The SMILES string of the molecule is COC(=O)N1CCCC1C(=O)Nc1ccc(C)cc1Br. The number of benzene rings is 1. The molecule has 1 saturated heterocycles. The fourth-order valence-corrected chi connectivity index (χ4v) is 2.90. The van der Waals surface area contributed by atoms with E-state index in [1.165, 1.54) is 12.0 Å². The Bertz CT molecular complexity index is 533. The number of anilines is 1. The zero-order chi connectivity index (χ0) is 14.7. The Kier molecular flexibility index (Phi) is 4.65. The number of hydrogen-bond donors (Lipinski definition) is 1. The molecule has 5 nitrogen and oxygen atoms in total. The lowest BCUT2D eigenvalue weighted by Gasteiger charge is -2.22. The van der Waals surface area contributed by atoms with Crippen LogP contribution in [0.1, 0.15) is 18.4 Å². The Morgan fingerprint density at radius 3 is 2.85 bits per heavy atom. The monoisotopic (exact) mass is 340 g/mol. The van der Waals surface area contributed by atoms with Gasteiger partial charge in [-0.2, -0.15) is 0 Å². The zero-order valence-corrected chi connectivity index (χ0v) is 13.1. The number of rotatable bonds is 2. The van der Waals surface area contributed by atoms with Crippen LogP contribution in [-0.2, 0) is 9.53 Å². The first-order chi connectivity index (χ1) is 9.52. The van der Waals surface area contributed by atoms with E-state index < -0.39 is 12.1 Å². The van der Waals surface area contributed by atoms with Crippen LogP contribution in [0.4, 0.5) is 10.5 Å². The third-order valence-corrected chi connectivity index (χ3v) is 4.00. The summed E-state index contributed by atoms with van der Waals surface area (Å²) in [5.74, 6) is -0.183. The smallest absolute Gasteiger partial charge is 0.410 e. The van der Waals surface area contributed by atoms with Gasteiger partial charge in [-0.1, -0.05) is 6.07 Å². The molecule has 1 heterocycles. The van der Waals surface area contributed by atoms with Crippen molar-refractivity contribution in [3.63, 3.8) is 0 Å².